The van der Waals surface area contributed by atoms with E-state index < -0.39 is 0 Å². The van der Waals surface area contributed by atoms with Crippen LogP contribution < -0.4 is 5.32 Å². The highest BCUT2D eigenvalue weighted by atomic mass is 16.3. The number of carbonyl (C=O) groups is 2. The monoisotopic (exact) mass is 247 g/mol. The number of nitrogens with one attached hydrogen (secondary N) is 1. The summed E-state index contributed by atoms with van der Waals surface area (Å²) < 4.78 is 0. The lowest BCUT2D eigenvalue weighted by atomic mass is 9.94. The summed E-state index contributed by atoms with van der Waals surface area (Å²) in [7, 11) is 0. The van der Waals surface area contributed by atoms with Crippen LogP contribution in [0.25, 0.3) is 0 Å². The van der Waals surface area contributed by atoms with Gasteiger partial charge < -0.3 is 10.4 Å². The highest BCUT2D eigenvalue weighted by Crippen LogP contribution is 2.22. The zero-order valence-corrected chi connectivity index (χ0v) is 10.4. The van der Waals surface area contributed by atoms with Gasteiger partial charge in [0.25, 0.3) is 5.91 Å². The fourth-order valence-corrected chi connectivity index (χ4v) is 2.19. The van der Waals surface area contributed by atoms with E-state index >= 15 is 0 Å². The van der Waals surface area contributed by atoms with Gasteiger partial charge in [0.2, 0.25) is 0 Å². The van der Waals surface area contributed by atoms with Crippen LogP contribution in [-0.4, -0.2) is 22.8 Å². The second-order valence-electron chi connectivity index (χ2n) is 4.76. The van der Waals surface area contributed by atoms with Gasteiger partial charge in [-0.25, -0.2) is 0 Å². The molecular formula is C14H17NO3. The molecule has 96 valence electrons. The molecular weight excluding hydrogens is 230 g/mol. The fourth-order valence-electron chi connectivity index (χ4n) is 2.19. The number of rotatable bonds is 2. The van der Waals surface area contributed by atoms with Gasteiger partial charge in [-0.15, -0.1) is 0 Å². The van der Waals surface area contributed by atoms with E-state index in [9.17, 15) is 14.7 Å². The van der Waals surface area contributed by atoms with E-state index in [1.54, 1.807) is 25.1 Å². The Bertz CT molecular complexity index is 472. The summed E-state index contributed by atoms with van der Waals surface area (Å²) in [6.45, 7) is 1.76. The Balaban J connectivity index is 2.03. The lowest BCUT2D eigenvalue weighted by Crippen LogP contribution is -2.37. The third-order valence-electron chi connectivity index (χ3n) is 3.36. The molecule has 18 heavy (non-hydrogen) atoms. The summed E-state index contributed by atoms with van der Waals surface area (Å²) in [5.74, 6) is 0.0244. The van der Waals surface area contributed by atoms with Crippen molar-refractivity contribution in [2.45, 2.75) is 38.6 Å². The van der Waals surface area contributed by atoms with Gasteiger partial charge in [-0.1, -0.05) is 12.1 Å². The van der Waals surface area contributed by atoms with E-state index in [1.165, 1.54) is 0 Å². The molecule has 1 saturated carbocycles. The first-order valence-electron chi connectivity index (χ1n) is 6.19. The number of phenols is 1. The number of aromatic hydroxyl groups is 1. The molecule has 1 fully saturated rings. The maximum absolute atomic E-state index is 12.0. The normalized spacial score (nSPS) is 16.6. The SMILES string of the molecule is Cc1cccc(C(=O)NC2CCC(=O)CC2)c1O. The number of aryl methyl sites for hydroxylation is 1. The Morgan fingerprint density at radius 3 is 2.67 bits per heavy atom. The Labute approximate surface area is 106 Å². The summed E-state index contributed by atoms with van der Waals surface area (Å²) in [6.07, 6.45) is 2.45. The summed E-state index contributed by atoms with van der Waals surface area (Å²) in [5, 5.41) is 12.7. The zero-order chi connectivity index (χ0) is 13.1. The van der Waals surface area contributed by atoms with Crippen molar-refractivity contribution in [1.29, 1.82) is 0 Å². The number of ketones is 1. The number of Topliss-reactive ketones (excluding diaryl/α,β-unsaturated/α-hetero) is 1. The average Bonchev–Trinajstić information content (AvgIpc) is 2.35. The predicted octanol–water partition coefficient (Wildman–Crippen LogP) is 1.94. The van der Waals surface area contributed by atoms with Crippen molar-refractivity contribution >= 4 is 11.7 Å². The Kier molecular flexibility index (Phi) is 3.65. The number of hydrogen-bond acceptors (Lipinski definition) is 3. The van der Waals surface area contributed by atoms with Crippen molar-refractivity contribution in [3.05, 3.63) is 29.3 Å². The molecule has 0 atom stereocenters. The molecule has 4 heteroatoms. The van der Waals surface area contributed by atoms with Crippen LogP contribution in [0.4, 0.5) is 0 Å². The number of carbonyl (C=O) groups excluding carboxylic acids is 2. The van der Waals surface area contributed by atoms with E-state index in [0.717, 1.165) is 0 Å². The molecule has 0 heterocycles. The summed E-state index contributed by atoms with van der Waals surface area (Å²) in [6, 6.07) is 5.14. The number of benzene rings is 1. The van der Waals surface area contributed by atoms with Crippen LogP contribution in [0.15, 0.2) is 18.2 Å². The Morgan fingerprint density at radius 1 is 1.33 bits per heavy atom. The van der Waals surface area contributed by atoms with Gasteiger partial charge in [0.1, 0.15) is 11.5 Å². The number of amides is 1. The number of phenolic OH excluding ortho intramolecular Hbond substituents is 1. The van der Waals surface area contributed by atoms with Crippen molar-refractivity contribution in [3.63, 3.8) is 0 Å². The van der Waals surface area contributed by atoms with Gasteiger partial charge in [-0.3, -0.25) is 9.59 Å². The molecule has 1 aliphatic rings. The van der Waals surface area contributed by atoms with Crippen LogP contribution >= 0.6 is 0 Å². The molecule has 2 N–H and O–H groups in total. The summed E-state index contributed by atoms with van der Waals surface area (Å²) >= 11 is 0. The molecule has 1 aliphatic carbocycles. The van der Waals surface area contributed by atoms with Gasteiger partial charge in [-0.2, -0.15) is 0 Å². The molecule has 0 spiro atoms. The van der Waals surface area contributed by atoms with Crippen molar-refractivity contribution in [3.8, 4) is 5.75 Å². The highest BCUT2D eigenvalue weighted by molar-refractivity contribution is 5.97. The minimum Gasteiger partial charge on any atom is -0.507 e. The molecule has 4 nitrogen and oxygen atoms in total. The van der Waals surface area contributed by atoms with E-state index in [1.807, 2.05) is 0 Å². The van der Waals surface area contributed by atoms with Crippen molar-refractivity contribution in [2.24, 2.45) is 0 Å². The second-order valence-corrected chi connectivity index (χ2v) is 4.76. The molecule has 0 aliphatic heterocycles. The van der Waals surface area contributed by atoms with Crippen LogP contribution in [0.3, 0.4) is 0 Å². The molecule has 0 unspecified atom stereocenters. The first-order valence-corrected chi connectivity index (χ1v) is 6.19. The van der Waals surface area contributed by atoms with Gasteiger partial charge in [-0.05, 0) is 31.4 Å². The summed E-state index contributed by atoms with van der Waals surface area (Å²) in [5.41, 5.74) is 0.980. The van der Waals surface area contributed by atoms with Crippen LogP contribution in [-0.2, 0) is 4.79 Å². The van der Waals surface area contributed by atoms with Gasteiger partial charge in [0.15, 0.2) is 0 Å². The van der Waals surface area contributed by atoms with E-state index in [0.29, 0.717) is 36.8 Å². The average molecular weight is 247 g/mol. The molecule has 1 amide bonds. The molecule has 1 aromatic carbocycles. The van der Waals surface area contributed by atoms with Crippen LogP contribution in [0.5, 0.6) is 5.75 Å². The standard InChI is InChI=1S/C14H17NO3/c1-9-3-2-4-12(13(9)17)14(18)15-10-5-7-11(16)8-6-10/h2-4,10,17H,5-8H2,1H3,(H,15,18). The van der Waals surface area contributed by atoms with Gasteiger partial charge in [0.05, 0.1) is 5.56 Å². The number of hydrogen-bond donors (Lipinski definition) is 2. The molecule has 1 aromatic rings. The second kappa shape index (κ2) is 5.21. The maximum Gasteiger partial charge on any atom is 0.255 e. The highest BCUT2D eigenvalue weighted by Gasteiger charge is 2.22. The van der Waals surface area contributed by atoms with E-state index in [2.05, 4.69) is 5.32 Å². The zero-order valence-electron chi connectivity index (χ0n) is 10.4. The van der Waals surface area contributed by atoms with E-state index in [-0.39, 0.29) is 23.5 Å². The van der Waals surface area contributed by atoms with Gasteiger partial charge >= 0.3 is 0 Å². The first-order chi connectivity index (χ1) is 8.58. The smallest absolute Gasteiger partial charge is 0.255 e. The van der Waals surface area contributed by atoms with Crippen molar-refractivity contribution in [1.82, 2.24) is 5.32 Å². The predicted molar refractivity (Wildman–Crippen MR) is 67.6 cm³/mol. The topological polar surface area (TPSA) is 66.4 Å². The molecule has 0 bridgehead atoms. The minimum atomic E-state index is -0.268. The van der Waals surface area contributed by atoms with Crippen molar-refractivity contribution in [2.75, 3.05) is 0 Å². The van der Waals surface area contributed by atoms with Crippen LogP contribution in [0.2, 0.25) is 0 Å². The Morgan fingerprint density at radius 2 is 2.00 bits per heavy atom. The molecule has 2 rings (SSSR count). The molecule has 0 saturated heterocycles. The lowest BCUT2D eigenvalue weighted by molar-refractivity contribution is -0.120. The molecule has 0 radical (unpaired) electrons. The van der Waals surface area contributed by atoms with Crippen molar-refractivity contribution < 1.29 is 14.7 Å². The summed E-state index contributed by atoms with van der Waals surface area (Å²) in [4.78, 5) is 23.1. The minimum absolute atomic E-state index is 0.0295. The number of para-hydroxylation sites is 1. The van der Waals surface area contributed by atoms with Gasteiger partial charge in [0, 0.05) is 18.9 Å². The first kappa shape index (κ1) is 12.6. The maximum atomic E-state index is 12.0. The van der Waals surface area contributed by atoms with Crippen LogP contribution in [0, 0.1) is 6.92 Å². The Hall–Kier alpha value is -1.84. The van der Waals surface area contributed by atoms with Crippen LogP contribution in [0.1, 0.15) is 41.6 Å². The lowest BCUT2D eigenvalue weighted by Gasteiger charge is -2.22. The van der Waals surface area contributed by atoms with E-state index in [4.69, 9.17) is 0 Å². The fraction of sp³-hybridized carbons (Fsp3) is 0.429. The third kappa shape index (κ3) is 2.70. The quantitative estimate of drug-likeness (QED) is 0.839. The third-order valence-corrected chi connectivity index (χ3v) is 3.36. The largest absolute Gasteiger partial charge is 0.507 e. The molecule has 0 aromatic heterocycles.